The molecule has 1 heterocycles. The molecule has 0 radical (unpaired) electrons. The number of hydrogen-bond acceptors (Lipinski definition) is 5. The van der Waals surface area contributed by atoms with Crippen molar-refractivity contribution in [2.45, 2.75) is 60.5 Å². The Bertz CT molecular complexity index is 759. The van der Waals surface area contributed by atoms with E-state index >= 15 is 0 Å². The summed E-state index contributed by atoms with van der Waals surface area (Å²) >= 11 is 0. The number of ether oxygens (including phenoxy) is 2. The number of carbonyl (C=O) groups is 2. The molecule has 32 heavy (non-hydrogen) atoms. The van der Waals surface area contributed by atoms with Crippen LogP contribution in [0.4, 0.5) is 4.79 Å². The molecule has 6 heteroatoms. The fraction of sp³-hybridized carbons (Fsp3) is 0.462. The number of carbonyl (C=O) groups excluding carboxylic acids is 2. The molecule has 0 spiro atoms. The van der Waals surface area contributed by atoms with Crippen LogP contribution in [0, 0.1) is 5.41 Å². The average molecular weight is 449 g/mol. The summed E-state index contributed by atoms with van der Waals surface area (Å²) in [5.41, 5.74) is 6.74. The number of nitrogens with one attached hydrogen (secondary N) is 1. The second kappa shape index (κ2) is 17.8. The van der Waals surface area contributed by atoms with Crippen molar-refractivity contribution >= 4 is 12.1 Å². The van der Waals surface area contributed by atoms with E-state index in [1.807, 2.05) is 74.5 Å². The van der Waals surface area contributed by atoms with Crippen LogP contribution in [0.3, 0.4) is 0 Å². The first-order chi connectivity index (χ1) is 16.4. The molecule has 6 nitrogen and oxygen atoms in total. The predicted octanol–water partition coefficient (Wildman–Crippen LogP) is 5.45. The summed E-state index contributed by atoms with van der Waals surface area (Å²) in [5, 5.41) is 2.81. The Morgan fingerprint density at radius 3 is 1.78 bits per heavy atom. The first-order valence-electron chi connectivity index (χ1n) is 12.2. The molecule has 0 aromatic heterocycles. The van der Waals surface area contributed by atoms with Crippen molar-refractivity contribution in [3.05, 3.63) is 71.8 Å². The zero-order valence-electron chi connectivity index (χ0n) is 21.6. The zero-order valence-corrected chi connectivity index (χ0v) is 19.6. The quantitative estimate of drug-likeness (QED) is 0.607. The van der Waals surface area contributed by atoms with Gasteiger partial charge in [0, 0.05) is 15.8 Å². The maximum Gasteiger partial charge on any atom is 0.508 e. The van der Waals surface area contributed by atoms with Crippen molar-refractivity contribution in [1.29, 1.82) is 0 Å². The first-order valence-corrected chi connectivity index (χ1v) is 10.8. The second-order valence-corrected chi connectivity index (χ2v) is 7.25. The van der Waals surface area contributed by atoms with Crippen molar-refractivity contribution in [3.63, 3.8) is 0 Å². The lowest BCUT2D eigenvalue weighted by molar-refractivity contribution is -0.141. The van der Waals surface area contributed by atoms with E-state index in [-0.39, 0.29) is 19.1 Å². The summed E-state index contributed by atoms with van der Waals surface area (Å²) < 4.78 is 22.4. The molecule has 2 aromatic rings. The summed E-state index contributed by atoms with van der Waals surface area (Å²) in [7, 11) is 0. The molecule has 1 aliphatic heterocycles. The third-order valence-electron chi connectivity index (χ3n) is 3.94. The summed E-state index contributed by atoms with van der Waals surface area (Å²) in [6.07, 6.45) is 1.25. The summed E-state index contributed by atoms with van der Waals surface area (Å²) in [5.74, 6) is -0.182. The van der Waals surface area contributed by atoms with Crippen LogP contribution in [0.1, 0.15) is 61.3 Å². The van der Waals surface area contributed by atoms with E-state index in [0.717, 1.165) is 18.4 Å². The highest BCUT2D eigenvalue weighted by atomic mass is 16.7. The molecule has 3 N–H and O–H groups in total. The third-order valence-corrected chi connectivity index (χ3v) is 3.94. The van der Waals surface area contributed by atoms with E-state index < -0.39 is 11.6 Å². The molecule has 0 saturated carbocycles. The van der Waals surface area contributed by atoms with Gasteiger partial charge >= 0.3 is 6.16 Å². The molecule has 178 valence electrons. The fourth-order valence-electron chi connectivity index (χ4n) is 2.26. The van der Waals surface area contributed by atoms with Gasteiger partial charge in [-0.05, 0) is 18.1 Å². The normalized spacial score (nSPS) is 14.1. The molecule has 1 amide bonds. The van der Waals surface area contributed by atoms with Crippen LogP contribution >= 0.6 is 0 Å². The van der Waals surface area contributed by atoms with Gasteiger partial charge in [0.1, 0.15) is 18.6 Å². The monoisotopic (exact) mass is 448 g/mol. The van der Waals surface area contributed by atoms with Crippen molar-refractivity contribution < 1.29 is 21.8 Å². The third kappa shape index (κ3) is 12.7. The van der Waals surface area contributed by atoms with Crippen LogP contribution in [0.25, 0.3) is 0 Å². The lowest BCUT2D eigenvalue weighted by atomic mass is 9.91. The minimum absolute atomic E-state index is 0.0481. The topological polar surface area (TPSA) is 90.6 Å². The highest BCUT2D eigenvalue weighted by Crippen LogP contribution is 2.22. The minimum Gasteiger partial charge on any atom is -0.433 e. The van der Waals surface area contributed by atoms with Gasteiger partial charge in [0.05, 0.1) is 0 Å². The van der Waals surface area contributed by atoms with Crippen LogP contribution in [0.15, 0.2) is 60.7 Å². The standard InChI is InChI=1S/C13H15NO4.C7H9N.2C3H8/c1-13(8-17-12(16)18-9-13)11(15)14-7-10-5-3-2-4-6-10;8-6-7-4-2-1-3-5-7;2*1-3-2/h2-6H,7-9H2,1H3,(H,14,15);1-5H,6,8H2;2*3H2,1-2H3/i;;2*1T. The SMILES string of the molecule is CC1(C(=O)NCc2ccccc2)COC(=O)OC1.NCc1ccccc1.[3H]CCC.[3H]CCC. The van der Waals surface area contributed by atoms with E-state index in [0.29, 0.717) is 26.9 Å². The number of amides is 1. The second-order valence-electron chi connectivity index (χ2n) is 7.25. The number of benzene rings is 2. The number of rotatable bonds is 4. The molecule has 0 atom stereocenters. The number of hydrogen-bond donors (Lipinski definition) is 2. The Hall–Kier alpha value is -2.86. The van der Waals surface area contributed by atoms with Gasteiger partial charge in [0.15, 0.2) is 0 Å². The summed E-state index contributed by atoms with van der Waals surface area (Å²) in [4.78, 5) is 22.8. The summed E-state index contributed by atoms with van der Waals surface area (Å²) in [6.45, 7) is 8.02. The van der Waals surface area contributed by atoms with E-state index in [1.165, 1.54) is 5.56 Å². The lowest BCUT2D eigenvalue weighted by Crippen LogP contribution is -2.48. The maximum atomic E-state index is 12.0. The van der Waals surface area contributed by atoms with E-state index in [4.69, 9.17) is 17.9 Å². The van der Waals surface area contributed by atoms with Crippen molar-refractivity contribution in [2.24, 2.45) is 11.1 Å². The highest BCUT2D eigenvalue weighted by molar-refractivity contribution is 5.83. The highest BCUT2D eigenvalue weighted by Gasteiger charge is 2.40. The van der Waals surface area contributed by atoms with Crippen molar-refractivity contribution in [1.82, 2.24) is 5.32 Å². The molecule has 1 saturated heterocycles. The van der Waals surface area contributed by atoms with Crippen molar-refractivity contribution in [2.75, 3.05) is 13.2 Å². The number of nitrogens with two attached hydrogens (primary N) is 1. The summed E-state index contributed by atoms with van der Waals surface area (Å²) in [6, 6.07) is 19.6. The Morgan fingerprint density at radius 2 is 1.41 bits per heavy atom. The van der Waals surface area contributed by atoms with Gasteiger partial charge in [0.25, 0.3) is 0 Å². The van der Waals surface area contributed by atoms with Gasteiger partial charge in [-0.3, -0.25) is 4.79 Å². The first kappa shape index (κ1) is 25.4. The van der Waals surface area contributed by atoms with Gasteiger partial charge in [-0.2, -0.15) is 0 Å². The van der Waals surface area contributed by atoms with Crippen LogP contribution in [-0.2, 0) is 27.4 Å². The van der Waals surface area contributed by atoms with Crippen LogP contribution in [0.2, 0.25) is 0 Å². The number of cyclic esters (lactones) is 2. The van der Waals surface area contributed by atoms with Crippen molar-refractivity contribution in [3.8, 4) is 0 Å². The van der Waals surface area contributed by atoms with Crippen LogP contribution in [0.5, 0.6) is 0 Å². The Balaban J connectivity index is 0.000000559. The van der Waals surface area contributed by atoms with Gasteiger partial charge < -0.3 is 20.5 Å². The Kier molecular flexibility index (Phi) is 14.1. The van der Waals surface area contributed by atoms with Gasteiger partial charge in [-0.1, -0.05) is 101 Å². The predicted molar refractivity (Wildman–Crippen MR) is 130 cm³/mol. The smallest absolute Gasteiger partial charge is 0.433 e. The average Bonchev–Trinajstić information content (AvgIpc) is 2.90. The molecular formula is C26H40N2O4. The maximum absolute atomic E-state index is 12.0. The van der Waals surface area contributed by atoms with E-state index in [9.17, 15) is 9.59 Å². The molecule has 3 rings (SSSR count). The van der Waals surface area contributed by atoms with E-state index in [2.05, 4.69) is 5.32 Å². The van der Waals surface area contributed by atoms with Crippen LogP contribution in [-0.4, -0.2) is 25.3 Å². The minimum atomic E-state index is -0.817. The molecule has 0 bridgehead atoms. The molecule has 1 aliphatic rings. The van der Waals surface area contributed by atoms with Gasteiger partial charge in [0.2, 0.25) is 5.91 Å². The molecule has 0 unspecified atom stereocenters. The van der Waals surface area contributed by atoms with E-state index in [1.54, 1.807) is 6.92 Å². The van der Waals surface area contributed by atoms with Gasteiger partial charge in [-0.15, -0.1) is 0 Å². The Morgan fingerprint density at radius 1 is 0.969 bits per heavy atom. The largest absolute Gasteiger partial charge is 0.508 e. The molecule has 1 fully saturated rings. The zero-order chi connectivity index (χ0) is 25.7. The molecule has 2 aromatic carbocycles. The lowest BCUT2D eigenvalue weighted by Gasteiger charge is -2.30. The van der Waals surface area contributed by atoms with Crippen LogP contribution < -0.4 is 11.1 Å². The molecule has 0 aliphatic carbocycles. The van der Waals surface area contributed by atoms with Gasteiger partial charge in [-0.25, -0.2) is 4.79 Å². The Labute approximate surface area is 196 Å². The fourth-order valence-corrected chi connectivity index (χ4v) is 2.26. The molecular weight excluding hydrogens is 404 g/mol.